The summed E-state index contributed by atoms with van der Waals surface area (Å²) >= 11 is 0. The van der Waals surface area contributed by atoms with Crippen LogP contribution >= 0.6 is 23.5 Å². The van der Waals surface area contributed by atoms with Crippen LogP contribution in [0.3, 0.4) is 0 Å². The van der Waals surface area contributed by atoms with E-state index < -0.39 is 54.6 Å². The molecule has 0 aliphatic carbocycles. The molecule has 1 aliphatic rings. The van der Waals surface area contributed by atoms with Gasteiger partial charge in [0.2, 0.25) is 0 Å². The summed E-state index contributed by atoms with van der Waals surface area (Å²) in [4.78, 5) is 48.2. The summed E-state index contributed by atoms with van der Waals surface area (Å²) in [5.74, 6) is 0.426. The van der Waals surface area contributed by atoms with Gasteiger partial charge in [-0.2, -0.15) is 8.62 Å². The van der Waals surface area contributed by atoms with Crippen LogP contribution in [0.4, 0.5) is 5.82 Å². The maximum absolute atomic E-state index is 11.9. The molecular weight excluding hydrogens is 515 g/mol. The smallest absolute Gasteiger partial charge is 0.387 e. The Hall–Kier alpha value is -1.36. The average Bonchev–Trinajstić information content (AvgIpc) is 3.23. The molecule has 0 amide bonds. The van der Waals surface area contributed by atoms with Gasteiger partial charge in [0.1, 0.15) is 30.2 Å². The summed E-state index contributed by atoms with van der Waals surface area (Å²) in [6.45, 7) is -0.857. The van der Waals surface area contributed by atoms with Crippen molar-refractivity contribution in [2.24, 2.45) is 0 Å². The monoisotopic (exact) mass is 535 g/mol. The highest BCUT2D eigenvalue weighted by atomic mass is 31.3. The molecule has 1 aliphatic heterocycles. The van der Waals surface area contributed by atoms with Crippen LogP contribution in [0.1, 0.15) is 6.23 Å². The Morgan fingerprint density at radius 1 is 1.12 bits per heavy atom. The summed E-state index contributed by atoms with van der Waals surface area (Å²) < 4.78 is 58.2. The van der Waals surface area contributed by atoms with E-state index in [9.17, 15) is 28.6 Å². The van der Waals surface area contributed by atoms with Gasteiger partial charge in [-0.3, -0.25) is 9.09 Å². The Balaban J connectivity index is 1.74. The first-order valence-electron chi connectivity index (χ1n) is 8.77. The molecule has 0 saturated carbocycles. The maximum Gasteiger partial charge on any atom is 0.490 e. The number of hydrogen-bond acceptors (Lipinski definition) is 13. The summed E-state index contributed by atoms with van der Waals surface area (Å²) in [6.07, 6.45) is -2.15. The molecule has 18 nitrogen and oxygen atoms in total. The lowest BCUT2D eigenvalue weighted by molar-refractivity contribution is -0.0577. The fourth-order valence-corrected chi connectivity index (χ4v) is 6.06. The van der Waals surface area contributed by atoms with Crippen molar-refractivity contribution in [3.8, 4) is 0 Å². The van der Waals surface area contributed by atoms with E-state index in [-0.39, 0.29) is 0 Å². The molecule has 3 rings (SSSR count). The third-order valence-corrected chi connectivity index (χ3v) is 8.08. The summed E-state index contributed by atoms with van der Waals surface area (Å²) in [5.41, 5.74) is 0.715. The second kappa shape index (κ2) is 9.71. The number of ether oxygens (including phenoxy) is 2. The lowest BCUT2D eigenvalue weighted by Crippen LogP contribution is -2.35. The number of hydrogen-bond donors (Lipinski definition) is 6. The van der Waals surface area contributed by atoms with E-state index in [4.69, 9.17) is 19.3 Å². The van der Waals surface area contributed by atoms with Gasteiger partial charge in [-0.05, 0) is 0 Å². The molecule has 3 heterocycles. The van der Waals surface area contributed by atoms with Gasteiger partial charge < -0.3 is 39.5 Å². The first-order chi connectivity index (χ1) is 15.3. The highest BCUT2D eigenvalue weighted by Crippen LogP contribution is 2.66. The highest BCUT2D eigenvalue weighted by molar-refractivity contribution is 7.66. The molecular formula is C12H20N5O13P3. The number of aliphatic hydroxyl groups excluding tert-OH is 1. The van der Waals surface area contributed by atoms with Gasteiger partial charge in [0.25, 0.3) is 0 Å². The molecule has 1 saturated heterocycles. The minimum absolute atomic E-state index is 0.321. The van der Waals surface area contributed by atoms with Crippen LogP contribution in [0.25, 0.3) is 11.2 Å². The molecule has 2 aromatic heterocycles. The van der Waals surface area contributed by atoms with Crippen LogP contribution < -0.4 is 5.32 Å². The Morgan fingerprint density at radius 2 is 1.82 bits per heavy atom. The Morgan fingerprint density at radius 3 is 2.42 bits per heavy atom. The number of imidazole rings is 1. The van der Waals surface area contributed by atoms with Crippen molar-refractivity contribution in [3.05, 3.63) is 12.7 Å². The second-order valence-electron chi connectivity index (χ2n) is 6.44. The standard InChI is InChI=1S/C12H20N5O13P3/c1-13-10-7-11(15-4-14-10)17(5-16-7)12-9(26-2)8(18)6(28-12)3-27-32(22,23)30-33(24,25)29-31(19,20)21/h4-6,8-9,12,18H,3H2,1-2H3,(H,22,23)(H,24,25)(H,13,14,15)(H2,19,20,21). The number of methoxy groups -OCH3 is 1. The van der Waals surface area contributed by atoms with Gasteiger partial charge in [-0.15, -0.1) is 0 Å². The van der Waals surface area contributed by atoms with Crippen molar-refractivity contribution in [1.29, 1.82) is 0 Å². The normalized spacial score (nSPS) is 27.4. The largest absolute Gasteiger partial charge is 0.490 e. The third-order valence-electron chi connectivity index (χ3n) is 4.27. The van der Waals surface area contributed by atoms with Gasteiger partial charge in [0, 0.05) is 14.2 Å². The zero-order valence-corrected chi connectivity index (χ0v) is 19.5. The van der Waals surface area contributed by atoms with E-state index in [1.807, 2.05) is 0 Å². The molecule has 21 heteroatoms. The van der Waals surface area contributed by atoms with Gasteiger partial charge in [-0.1, -0.05) is 0 Å². The van der Waals surface area contributed by atoms with Crippen molar-refractivity contribution >= 4 is 40.4 Å². The second-order valence-corrected chi connectivity index (χ2v) is 10.9. The molecule has 0 radical (unpaired) electrons. The number of aliphatic hydroxyl groups is 1. The average molecular weight is 535 g/mol. The van der Waals surface area contributed by atoms with Crippen molar-refractivity contribution in [2.45, 2.75) is 24.5 Å². The molecule has 1 fully saturated rings. The molecule has 186 valence electrons. The molecule has 0 bridgehead atoms. The topological polar surface area (TPSA) is 254 Å². The lowest BCUT2D eigenvalue weighted by Gasteiger charge is -2.19. The fourth-order valence-electron chi connectivity index (χ4n) is 3.03. The first kappa shape index (κ1) is 26.2. The van der Waals surface area contributed by atoms with Crippen molar-refractivity contribution in [1.82, 2.24) is 19.5 Å². The fraction of sp³-hybridized carbons (Fsp3) is 0.583. The van der Waals surface area contributed by atoms with Gasteiger partial charge in [-0.25, -0.2) is 28.6 Å². The van der Waals surface area contributed by atoms with E-state index in [2.05, 4.69) is 33.4 Å². The van der Waals surface area contributed by atoms with E-state index in [0.717, 1.165) is 0 Å². The van der Waals surface area contributed by atoms with Crippen LogP contribution in [0.2, 0.25) is 0 Å². The van der Waals surface area contributed by atoms with Crippen LogP contribution in [-0.2, 0) is 36.3 Å². The minimum Gasteiger partial charge on any atom is -0.387 e. The number of phosphoric acid groups is 3. The van der Waals surface area contributed by atoms with Crippen LogP contribution in [0.15, 0.2) is 12.7 Å². The number of nitrogens with one attached hydrogen (secondary N) is 1. The van der Waals surface area contributed by atoms with Crippen molar-refractivity contribution in [3.63, 3.8) is 0 Å². The van der Waals surface area contributed by atoms with Crippen molar-refractivity contribution < 1.29 is 61.0 Å². The Kier molecular flexibility index (Phi) is 7.73. The number of nitrogens with zero attached hydrogens (tertiary/aromatic N) is 4. The number of fused-ring (bicyclic) bond motifs is 1. The minimum atomic E-state index is -5.68. The van der Waals surface area contributed by atoms with E-state index in [1.165, 1.54) is 24.3 Å². The van der Waals surface area contributed by atoms with Crippen LogP contribution in [0, 0.1) is 0 Å². The molecule has 6 N–H and O–H groups in total. The SMILES string of the molecule is CNc1ncnc2c1ncn2C1OC(COP(=O)(O)OP(=O)(O)OP(=O)(O)O)C(O)C1OC. The van der Waals surface area contributed by atoms with E-state index in [1.54, 1.807) is 7.05 Å². The van der Waals surface area contributed by atoms with Crippen LogP contribution in [-0.4, -0.2) is 83.3 Å². The molecule has 2 aromatic rings. The predicted octanol–water partition coefficient (Wildman–Crippen LogP) is -0.515. The maximum atomic E-state index is 11.9. The van der Waals surface area contributed by atoms with Crippen molar-refractivity contribution in [2.75, 3.05) is 26.1 Å². The quantitative estimate of drug-likeness (QED) is 0.209. The lowest BCUT2D eigenvalue weighted by atomic mass is 10.1. The number of phosphoric ester groups is 1. The summed E-state index contributed by atoms with van der Waals surface area (Å²) in [7, 11) is -13.7. The highest BCUT2D eigenvalue weighted by Gasteiger charge is 2.47. The van der Waals surface area contributed by atoms with E-state index >= 15 is 0 Å². The van der Waals surface area contributed by atoms with Gasteiger partial charge in [0.05, 0.1) is 12.9 Å². The Labute approximate surface area is 184 Å². The zero-order chi connectivity index (χ0) is 24.6. The molecule has 0 spiro atoms. The predicted molar refractivity (Wildman–Crippen MR) is 105 cm³/mol. The van der Waals surface area contributed by atoms with Gasteiger partial charge in [0.15, 0.2) is 17.7 Å². The number of rotatable bonds is 10. The Bertz CT molecular complexity index is 1140. The van der Waals surface area contributed by atoms with E-state index in [0.29, 0.717) is 17.0 Å². The molecule has 0 aromatic carbocycles. The molecule has 6 unspecified atom stereocenters. The number of anilines is 1. The first-order valence-corrected chi connectivity index (χ1v) is 13.3. The summed E-state index contributed by atoms with van der Waals surface area (Å²) in [6, 6.07) is 0. The summed E-state index contributed by atoms with van der Waals surface area (Å²) in [5, 5.41) is 13.4. The molecule has 6 atom stereocenters. The van der Waals surface area contributed by atoms with Crippen LogP contribution in [0.5, 0.6) is 0 Å². The molecule has 33 heavy (non-hydrogen) atoms. The zero-order valence-electron chi connectivity index (χ0n) is 16.8. The van der Waals surface area contributed by atoms with Gasteiger partial charge >= 0.3 is 23.5 Å². The third kappa shape index (κ3) is 6.21. The number of aromatic nitrogens is 4.